The molecule has 2 heterocycles. The Labute approximate surface area is 107 Å². The number of rotatable bonds is 2. The number of hydrogen-bond donors (Lipinski definition) is 0. The highest BCUT2D eigenvalue weighted by molar-refractivity contribution is 7.09. The van der Waals surface area contributed by atoms with E-state index in [1.165, 1.54) is 18.5 Å². The van der Waals surface area contributed by atoms with E-state index in [1.54, 1.807) is 11.3 Å². The van der Waals surface area contributed by atoms with Gasteiger partial charge in [0.15, 0.2) is 0 Å². The second-order valence-electron chi connectivity index (χ2n) is 5.39. The van der Waals surface area contributed by atoms with Crippen LogP contribution in [-0.4, -0.2) is 30.0 Å². The summed E-state index contributed by atoms with van der Waals surface area (Å²) in [4.78, 5) is 7.04. The molecule has 1 aliphatic rings. The maximum Gasteiger partial charge on any atom is 0.113 e. The normalized spacial score (nSPS) is 19.2. The Morgan fingerprint density at radius 1 is 1.47 bits per heavy atom. The molecule has 0 spiro atoms. The van der Waals surface area contributed by atoms with E-state index in [0.717, 1.165) is 18.1 Å². The third-order valence-corrected chi connectivity index (χ3v) is 4.66. The topological polar surface area (TPSA) is 39.9 Å². The Morgan fingerprint density at radius 3 is 2.71 bits per heavy atom. The van der Waals surface area contributed by atoms with Gasteiger partial charge in [0.1, 0.15) is 10.4 Å². The summed E-state index contributed by atoms with van der Waals surface area (Å²) in [5, 5.41) is 12.2. The number of thiazole rings is 1. The fraction of sp³-hybridized carbons (Fsp3) is 0.692. The predicted molar refractivity (Wildman–Crippen MR) is 70.2 cm³/mol. The molecule has 0 radical (unpaired) electrons. The zero-order chi connectivity index (χ0) is 12.5. The first-order valence-corrected chi connectivity index (χ1v) is 6.96. The first-order valence-electron chi connectivity index (χ1n) is 6.08. The lowest BCUT2D eigenvalue weighted by atomic mass is 9.94. The van der Waals surface area contributed by atoms with E-state index in [1.807, 2.05) is 13.8 Å². The molecule has 0 aliphatic carbocycles. The lowest BCUT2D eigenvalue weighted by molar-refractivity contribution is 0.253. The van der Waals surface area contributed by atoms with Gasteiger partial charge in [0.2, 0.25) is 0 Å². The molecule has 4 heteroatoms. The zero-order valence-electron chi connectivity index (χ0n) is 10.7. The number of aromatic nitrogens is 1. The minimum absolute atomic E-state index is 0.450. The van der Waals surface area contributed by atoms with Crippen LogP contribution in [0.4, 0.5) is 0 Å². The molecule has 92 valence electrons. The molecule has 0 amide bonds. The van der Waals surface area contributed by atoms with Crippen molar-refractivity contribution >= 4 is 11.3 Å². The molecule has 1 aromatic rings. The van der Waals surface area contributed by atoms with Gasteiger partial charge in [-0.1, -0.05) is 0 Å². The van der Waals surface area contributed by atoms with E-state index >= 15 is 0 Å². The highest BCUT2D eigenvalue weighted by atomic mass is 32.1. The van der Waals surface area contributed by atoms with Crippen molar-refractivity contribution in [1.82, 2.24) is 9.88 Å². The molecule has 1 aliphatic heterocycles. The van der Waals surface area contributed by atoms with E-state index in [9.17, 15) is 0 Å². The Kier molecular flexibility index (Phi) is 3.50. The monoisotopic (exact) mass is 249 g/mol. The van der Waals surface area contributed by atoms with Gasteiger partial charge in [0.25, 0.3) is 0 Å². The SMILES string of the molecule is CN1CCC(c2csc(C(C)(C)C#N)n2)CC1. The van der Waals surface area contributed by atoms with Crippen molar-refractivity contribution in [2.75, 3.05) is 20.1 Å². The van der Waals surface area contributed by atoms with Crippen LogP contribution in [0.15, 0.2) is 5.38 Å². The summed E-state index contributed by atoms with van der Waals surface area (Å²) in [6.07, 6.45) is 2.37. The average molecular weight is 249 g/mol. The van der Waals surface area contributed by atoms with Gasteiger partial charge in [-0.15, -0.1) is 11.3 Å². The van der Waals surface area contributed by atoms with Crippen LogP contribution in [0.1, 0.15) is 43.3 Å². The van der Waals surface area contributed by atoms with Crippen molar-refractivity contribution in [2.45, 2.75) is 38.0 Å². The van der Waals surface area contributed by atoms with Crippen LogP contribution >= 0.6 is 11.3 Å². The predicted octanol–water partition coefficient (Wildman–Crippen LogP) is 2.75. The van der Waals surface area contributed by atoms with Crippen LogP contribution in [0.3, 0.4) is 0 Å². The first-order chi connectivity index (χ1) is 8.03. The number of hydrogen-bond acceptors (Lipinski definition) is 4. The lowest BCUT2D eigenvalue weighted by Gasteiger charge is -2.27. The molecule has 1 fully saturated rings. The zero-order valence-corrected chi connectivity index (χ0v) is 11.5. The quantitative estimate of drug-likeness (QED) is 0.809. The van der Waals surface area contributed by atoms with Gasteiger partial charge in [-0.05, 0) is 46.8 Å². The van der Waals surface area contributed by atoms with Gasteiger partial charge < -0.3 is 4.90 Å². The number of likely N-dealkylation sites (tertiary alicyclic amines) is 1. The Morgan fingerprint density at radius 2 is 2.12 bits per heavy atom. The Balaban J connectivity index is 2.11. The summed E-state index contributed by atoms with van der Waals surface area (Å²) in [5.41, 5.74) is 0.746. The third-order valence-electron chi connectivity index (χ3n) is 3.47. The molecule has 0 aromatic carbocycles. The summed E-state index contributed by atoms with van der Waals surface area (Å²) < 4.78 is 0. The van der Waals surface area contributed by atoms with Crippen LogP contribution in [0.2, 0.25) is 0 Å². The second-order valence-corrected chi connectivity index (χ2v) is 6.25. The van der Waals surface area contributed by atoms with Gasteiger partial charge in [0.05, 0.1) is 11.8 Å². The fourth-order valence-corrected chi connectivity index (χ4v) is 3.09. The molecule has 1 aromatic heterocycles. The molecule has 1 saturated heterocycles. The number of nitrogens with zero attached hydrogens (tertiary/aromatic N) is 3. The van der Waals surface area contributed by atoms with Crippen molar-refractivity contribution in [2.24, 2.45) is 0 Å². The minimum atomic E-state index is -0.450. The smallest absolute Gasteiger partial charge is 0.113 e. The van der Waals surface area contributed by atoms with Gasteiger partial charge >= 0.3 is 0 Å². The third kappa shape index (κ3) is 2.67. The van der Waals surface area contributed by atoms with Crippen molar-refractivity contribution in [3.8, 4) is 6.07 Å². The van der Waals surface area contributed by atoms with Crippen molar-refractivity contribution < 1.29 is 0 Å². The van der Waals surface area contributed by atoms with E-state index in [0.29, 0.717) is 5.92 Å². The summed E-state index contributed by atoms with van der Waals surface area (Å²) in [7, 11) is 2.17. The summed E-state index contributed by atoms with van der Waals surface area (Å²) in [6.45, 7) is 6.17. The standard InChI is InChI=1S/C13H19N3S/c1-13(2,9-14)12-15-11(8-17-12)10-4-6-16(3)7-5-10/h8,10H,4-7H2,1-3H3. The number of piperidine rings is 1. The molecule has 17 heavy (non-hydrogen) atoms. The average Bonchev–Trinajstić information content (AvgIpc) is 2.80. The van der Waals surface area contributed by atoms with Crippen LogP contribution in [0.5, 0.6) is 0 Å². The van der Waals surface area contributed by atoms with Crippen LogP contribution in [-0.2, 0) is 5.41 Å². The molecule has 2 rings (SSSR count). The molecular formula is C13H19N3S. The highest BCUT2D eigenvalue weighted by Gasteiger charge is 2.26. The Bertz CT molecular complexity index is 422. The molecule has 0 saturated carbocycles. The molecule has 0 atom stereocenters. The van der Waals surface area contributed by atoms with E-state index in [2.05, 4.69) is 28.4 Å². The largest absolute Gasteiger partial charge is 0.306 e. The highest BCUT2D eigenvalue weighted by Crippen LogP contribution is 2.32. The maximum atomic E-state index is 9.11. The molecule has 0 unspecified atom stereocenters. The van der Waals surface area contributed by atoms with E-state index in [4.69, 9.17) is 5.26 Å². The van der Waals surface area contributed by atoms with Gasteiger partial charge in [-0.2, -0.15) is 5.26 Å². The summed E-state index contributed by atoms with van der Waals surface area (Å²) in [5.74, 6) is 0.589. The second kappa shape index (κ2) is 4.75. The molecular weight excluding hydrogens is 230 g/mol. The molecule has 0 N–H and O–H groups in total. The number of nitriles is 1. The first kappa shape index (κ1) is 12.5. The van der Waals surface area contributed by atoms with Gasteiger partial charge in [-0.25, -0.2) is 4.98 Å². The molecule has 0 bridgehead atoms. The van der Waals surface area contributed by atoms with Gasteiger partial charge in [0, 0.05) is 11.3 Å². The lowest BCUT2D eigenvalue weighted by Crippen LogP contribution is -2.29. The fourth-order valence-electron chi connectivity index (χ4n) is 2.11. The van der Waals surface area contributed by atoms with Crippen molar-refractivity contribution in [3.05, 3.63) is 16.1 Å². The van der Waals surface area contributed by atoms with Crippen molar-refractivity contribution in [1.29, 1.82) is 5.26 Å². The summed E-state index contributed by atoms with van der Waals surface area (Å²) >= 11 is 1.63. The Hall–Kier alpha value is -0.920. The van der Waals surface area contributed by atoms with E-state index < -0.39 is 5.41 Å². The van der Waals surface area contributed by atoms with Crippen molar-refractivity contribution in [3.63, 3.8) is 0 Å². The van der Waals surface area contributed by atoms with Crippen LogP contribution in [0.25, 0.3) is 0 Å². The minimum Gasteiger partial charge on any atom is -0.306 e. The molecule has 3 nitrogen and oxygen atoms in total. The van der Waals surface area contributed by atoms with Gasteiger partial charge in [-0.3, -0.25) is 0 Å². The van der Waals surface area contributed by atoms with Crippen LogP contribution < -0.4 is 0 Å². The summed E-state index contributed by atoms with van der Waals surface area (Å²) in [6, 6.07) is 2.32. The van der Waals surface area contributed by atoms with Crippen LogP contribution in [0, 0.1) is 11.3 Å². The maximum absolute atomic E-state index is 9.11. The van der Waals surface area contributed by atoms with E-state index in [-0.39, 0.29) is 0 Å².